The van der Waals surface area contributed by atoms with Crippen LogP contribution in [0.15, 0.2) is 53.4 Å². The number of nitrogens with zero attached hydrogens (tertiary/aromatic N) is 2. The van der Waals surface area contributed by atoms with E-state index < -0.39 is 10.0 Å². The van der Waals surface area contributed by atoms with Crippen LogP contribution < -0.4 is 0 Å². The van der Waals surface area contributed by atoms with E-state index >= 15 is 0 Å². The van der Waals surface area contributed by atoms with Gasteiger partial charge >= 0.3 is 0 Å². The van der Waals surface area contributed by atoms with Crippen molar-refractivity contribution < 1.29 is 13.2 Å². The Kier molecular flexibility index (Phi) is 4.28. The molecule has 1 N–H and O–H groups in total. The second-order valence-corrected chi connectivity index (χ2v) is 9.06. The molecule has 3 aromatic rings. The van der Waals surface area contributed by atoms with Gasteiger partial charge < -0.3 is 9.88 Å². The summed E-state index contributed by atoms with van der Waals surface area (Å²) in [4.78, 5) is 18.1. The van der Waals surface area contributed by atoms with Crippen LogP contribution in [0.3, 0.4) is 0 Å². The van der Waals surface area contributed by atoms with Crippen LogP contribution in [0.1, 0.15) is 16.8 Å². The first-order valence-electron chi connectivity index (χ1n) is 8.82. The average Bonchev–Trinajstić information content (AvgIpc) is 3.03. The van der Waals surface area contributed by atoms with E-state index in [4.69, 9.17) is 0 Å². The quantitative estimate of drug-likeness (QED) is 0.753. The second kappa shape index (κ2) is 6.51. The summed E-state index contributed by atoms with van der Waals surface area (Å²) in [5, 5.41) is 1.01. The lowest BCUT2D eigenvalue weighted by Gasteiger charge is -2.31. The summed E-state index contributed by atoms with van der Waals surface area (Å²) >= 11 is 0. The summed E-state index contributed by atoms with van der Waals surface area (Å²) in [6, 6.07) is 14.5. The van der Waals surface area contributed by atoms with Crippen molar-refractivity contribution in [2.45, 2.75) is 11.3 Å². The van der Waals surface area contributed by atoms with Crippen molar-refractivity contribution in [3.63, 3.8) is 0 Å². The third kappa shape index (κ3) is 3.02. The number of benzene rings is 2. The number of rotatable bonds is 4. The third-order valence-electron chi connectivity index (χ3n) is 4.96. The molecule has 7 heteroatoms. The molecule has 1 amide bonds. The number of nitrogens with one attached hydrogen (secondary N) is 1. The van der Waals surface area contributed by atoms with Crippen LogP contribution >= 0.6 is 0 Å². The number of carbonyl (C=O) groups excluding carboxylic acids is 1. The molecule has 27 heavy (non-hydrogen) atoms. The van der Waals surface area contributed by atoms with Crippen molar-refractivity contribution in [1.29, 1.82) is 0 Å². The van der Waals surface area contributed by atoms with Gasteiger partial charge in [0.05, 0.1) is 4.90 Å². The number of likely N-dealkylation sites (tertiary alicyclic amines) is 1. The van der Waals surface area contributed by atoms with Crippen molar-refractivity contribution in [1.82, 2.24) is 14.2 Å². The fourth-order valence-electron chi connectivity index (χ4n) is 3.21. The van der Waals surface area contributed by atoms with Crippen LogP contribution in [0.4, 0.5) is 0 Å². The van der Waals surface area contributed by atoms with E-state index in [2.05, 4.69) is 4.98 Å². The minimum Gasteiger partial charge on any atom is -0.355 e. The number of hydrogen-bond donors (Lipinski definition) is 1. The monoisotopic (exact) mass is 383 g/mol. The summed E-state index contributed by atoms with van der Waals surface area (Å²) in [5.74, 6) is -0.0660. The topological polar surface area (TPSA) is 73.5 Å². The molecule has 4 rings (SSSR count). The van der Waals surface area contributed by atoms with Crippen LogP contribution in [-0.4, -0.2) is 55.7 Å². The Labute approximate surface area is 158 Å². The van der Waals surface area contributed by atoms with E-state index in [-0.39, 0.29) is 10.8 Å². The SMILES string of the molecule is CN(C)S(=O)(=O)c1ccc(C(=O)N2CCC2)c(-c2cc3ccccc3[nH]2)c1. The lowest BCUT2D eigenvalue weighted by Crippen LogP contribution is -2.42. The zero-order valence-corrected chi connectivity index (χ0v) is 16.1. The first kappa shape index (κ1) is 17.8. The number of fused-ring (bicyclic) bond motifs is 1. The van der Waals surface area contributed by atoms with Crippen LogP contribution in [-0.2, 0) is 10.0 Å². The van der Waals surface area contributed by atoms with E-state index in [1.165, 1.54) is 24.5 Å². The first-order valence-corrected chi connectivity index (χ1v) is 10.3. The van der Waals surface area contributed by atoms with Crippen molar-refractivity contribution in [3.05, 3.63) is 54.1 Å². The molecule has 1 saturated heterocycles. The van der Waals surface area contributed by atoms with Crippen LogP contribution in [0, 0.1) is 0 Å². The molecular formula is C20H21N3O3S. The Morgan fingerprint density at radius 3 is 2.44 bits per heavy atom. The molecule has 1 aliphatic rings. The maximum absolute atomic E-state index is 12.9. The smallest absolute Gasteiger partial charge is 0.254 e. The molecular weight excluding hydrogens is 362 g/mol. The predicted molar refractivity (Wildman–Crippen MR) is 105 cm³/mol. The maximum Gasteiger partial charge on any atom is 0.254 e. The molecule has 1 aliphatic heterocycles. The number of sulfonamides is 1. The zero-order chi connectivity index (χ0) is 19.2. The van der Waals surface area contributed by atoms with Crippen LogP contribution in [0.25, 0.3) is 22.2 Å². The molecule has 0 unspecified atom stereocenters. The van der Waals surface area contributed by atoms with Crippen molar-refractivity contribution >= 4 is 26.8 Å². The van der Waals surface area contributed by atoms with E-state index in [1.54, 1.807) is 17.0 Å². The predicted octanol–water partition coefficient (Wildman–Crippen LogP) is 2.93. The van der Waals surface area contributed by atoms with Gasteiger partial charge in [0.1, 0.15) is 0 Å². The van der Waals surface area contributed by atoms with E-state index in [1.807, 2.05) is 30.3 Å². The molecule has 0 bridgehead atoms. The lowest BCUT2D eigenvalue weighted by atomic mass is 10.0. The van der Waals surface area contributed by atoms with Gasteiger partial charge in [0.15, 0.2) is 0 Å². The van der Waals surface area contributed by atoms with Gasteiger partial charge in [-0.15, -0.1) is 0 Å². The van der Waals surface area contributed by atoms with Gasteiger partial charge in [-0.1, -0.05) is 18.2 Å². The van der Waals surface area contributed by atoms with Crippen LogP contribution in [0.2, 0.25) is 0 Å². The highest BCUT2D eigenvalue weighted by molar-refractivity contribution is 7.89. The standard InChI is InChI=1S/C20H21N3O3S/c1-22(2)27(25,26)15-8-9-16(20(24)23-10-5-11-23)17(13-15)19-12-14-6-3-4-7-18(14)21-19/h3-4,6-9,12-13,21H,5,10-11H2,1-2H3. The second-order valence-electron chi connectivity index (χ2n) is 6.91. The van der Waals surface area contributed by atoms with E-state index in [0.717, 1.165) is 36.1 Å². The normalized spacial score (nSPS) is 14.6. The number of hydrogen-bond acceptors (Lipinski definition) is 3. The first-order chi connectivity index (χ1) is 12.9. The Morgan fingerprint density at radius 2 is 1.81 bits per heavy atom. The minimum atomic E-state index is -3.60. The molecule has 0 spiro atoms. The largest absolute Gasteiger partial charge is 0.355 e. The average molecular weight is 383 g/mol. The van der Waals surface area contributed by atoms with Gasteiger partial charge in [-0.3, -0.25) is 4.79 Å². The van der Waals surface area contributed by atoms with Gasteiger partial charge in [-0.25, -0.2) is 12.7 Å². The zero-order valence-electron chi connectivity index (χ0n) is 15.3. The molecule has 6 nitrogen and oxygen atoms in total. The number of aromatic amines is 1. The Hall–Kier alpha value is -2.64. The highest BCUT2D eigenvalue weighted by Crippen LogP contribution is 2.31. The van der Waals surface area contributed by atoms with Gasteiger partial charge in [-0.05, 0) is 36.8 Å². The number of para-hydroxylation sites is 1. The Balaban J connectivity index is 1.90. The third-order valence-corrected chi connectivity index (χ3v) is 6.77. The molecule has 140 valence electrons. The number of amides is 1. The number of carbonyl (C=O) groups is 1. The van der Waals surface area contributed by atoms with Crippen molar-refractivity contribution in [3.8, 4) is 11.3 Å². The van der Waals surface area contributed by atoms with E-state index in [9.17, 15) is 13.2 Å². The van der Waals surface area contributed by atoms with Gasteiger partial charge in [0, 0.05) is 54.9 Å². The molecule has 2 heterocycles. The van der Waals surface area contributed by atoms with Crippen molar-refractivity contribution in [2.24, 2.45) is 0 Å². The highest BCUT2D eigenvalue weighted by Gasteiger charge is 2.27. The molecule has 1 fully saturated rings. The summed E-state index contributed by atoms with van der Waals surface area (Å²) in [5.41, 5.74) is 2.79. The molecule has 0 atom stereocenters. The summed E-state index contributed by atoms with van der Waals surface area (Å²) in [6.45, 7) is 1.48. The fraction of sp³-hybridized carbons (Fsp3) is 0.250. The maximum atomic E-state index is 12.9. The van der Waals surface area contributed by atoms with Gasteiger partial charge in [-0.2, -0.15) is 0 Å². The van der Waals surface area contributed by atoms with Crippen LogP contribution in [0.5, 0.6) is 0 Å². The molecule has 0 radical (unpaired) electrons. The highest BCUT2D eigenvalue weighted by atomic mass is 32.2. The molecule has 0 aliphatic carbocycles. The molecule has 0 saturated carbocycles. The summed E-state index contributed by atoms with van der Waals surface area (Å²) in [7, 11) is -0.603. The van der Waals surface area contributed by atoms with Gasteiger partial charge in [0.25, 0.3) is 5.91 Å². The fourth-order valence-corrected chi connectivity index (χ4v) is 4.14. The lowest BCUT2D eigenvalue weighted by molar-refractivity contribution is 0.0652. The molecule has 1 aromatic heterocycles. The number of H-pyrrole nitrogens is 1. The summed E-state index contributed by atoms with van der Waals surface area (Å²) in [6.07, 6.45) is 1.00. The molecule has 2 aromatic carbocycles. The Morgan fingerprint density at radius 1 is 1.07 bits per heavy atom. The van der Waals surface area contributed by atoms with E-state index in [0.29, 0.717) is 11.1 Å². The number of aromatic nitrogens is 1. The summed E-state index contributed by atoms with van der Waals surface area (Å²) < 4.78 is 26.4. The van der Waals surface area contributed by atoms with Crippen molar-refractivity contribution in [2.75, 3.05) is 27.2 Å². The minimum absolute atomic E-state index is 0.0660. The Bertz CT molecular complexity index is 1100. The van der Waals surface area contributed by atoms with Gasteiger partial charge in [0.2, 0.25) is 10.0 Å².